The standard InChI is InChI=1S/C12H13NO4.C2H6/c1-16-11(14)10-9(13-12(15)17-10)7-8-5-3-2-4-6-8;1-2/h2-6,9-10H,7H2,1H3,(H,13,15);1-2H3/t9-,10-;/m0./s1. The Bertz CT molecular complexity index is 419. The maximum Gasteiger partial charge on any atom is 0.408 e. The Labute approximate surface area is 112 Å². The van der Waals surface area contributed by atoms with E-state index >= 15 is 0 Å². The zero-order valence-electron chi connectivity index (χ0n) is 11.4. The number of amides is 1. The van der Waals surface area contributed by atoms with Crippen LogP contribution in [0.4, 0.5) is 4.79 Å². The van der Waals surface area contributed by atoms with Gasteiger partial charge in [0.1, 0.15) is 0 Å². The molecule has 2 rings (SSSR count). The Morgan fingerprint density at radius 2 is 1.95 bits per heavy atom. The van der Waals surface area contributed by atoms with Crippen LogP contribution in [0.25, 0.3) is 0 Å². The van der Waals surface area contributed by atoms with Crippen molar-refractivity contribution >= 4 is 12.1 Å². The maximum atomic E-state index is 11.4. The van der Waals surface area contributed by atoms with E-state index in [1.54, 1.807) is 0 Å². The first-order valence-electron chi connectivity index (χ1n) is 6.29. The van der Waals surface area contributed by atoms with Crippen LogP contribution in [0.1, 0.15) is 19.4 Å². The molecule has 0 bridgehead atoms. The first-order valence-corrected chi connectivity index (χ1v) is 6.29. The van der Waals surface area contributed by atoms with Gasteiger partial charge in [0.2, 0.25) is 6.10 Å². The van der Waals surface area contributed by atoms with Crippen molar-refractivity contribution < 1.29 is 19.1 Å². The van der Waals surface area contributed by atoms with Gasteiger partial charge < -0.3 is 14.8 Å². The number of cyclic esters (lactones) is 1. The van der Waals surface area contributed by atoms with Crippen molar-refractivity contribution in [2.24, 2.45) is 0 Å². The van der Waals surface area contributed by atoms with Gasteiger partial charge in [0.05, 0.1) is 13.2 Å². The Hall–Kier alpha value is -2.04. The summed E-state index contributed by atoms with van der Waals surface area (Å²) >= 11 is 0. The van der Waals surface area contributed by atoms with Crippen molar-refractivity contribution in [3.63, 3.8) is 0 Å². The number of hydrogen-bond donors (Lipinski definition) is 1. The van der Waals surface area contributed by atoms with Gasteiger partial charge in [0.15, 0.2) is 0 Å². The monoisotopic (exact) mass is 265 g/mol. The number of benzene rings is 1. The molecule has 0 radical (unpaired) electrons. The first kappa shape index (κ1) is 15.0. The Balaban J connectivity index is 0.000000861. The van der Waals surface area contributed by atoms with Gasteiger partial charge in [-0.1, -0.05) is 44.2 Å². The van der Waals surface area contributed by atoms with E-state index in [1.807, 2.05) is 44.2 Å². The zero-order valence-corrected chi connectivity index (χ0v) is 11.4. The molecule has 5 nitrogen and oxygen atoms in total. The second-order valence-electron chi connectivity index (χ2n) is 3.79. The third-order valence-electron chi connectivity index (χ3n) is 2.63. The van der Waals surface area contributed by atoms with Crippen LogP contribution in [0.3, 0.4) is 0 Å². The van der Waals surface area contributed by atoms with Crippen molar-refractivity contribution in [1.82, 2.24) is 5.32 Å². The van der Waals surface area contributed by atoms with Crippen LogP contribution in [0.5, 0.6) is 0 Å². The summed E-state index contributed by atoms with van der Waals surface area (Å²) in [7, 11) is 1.27. The highest BCUT2D eigenvalue weighted by Crippen LogP contribution is 2.15. The lowest BCUT2D eigenvalue weighted by atomic mass is 10.0. The highest BCUT2D eigenvalue weighted by atomic mass is 16.6. The second kappa shape index (κ2) is 7.41. The summed E-state index contributed by atoms with van der Waals surface area (Å²) in [5.74, 6) is -0.538. The molecule has 0 spiro atoms. The zero-order chi connectivity index (χ0) is 14.3. The van der Waals surface area contributed by atoms with E-state index in [9.17, 15) is 9.59 Å². The van der Waals surface area contributed by atoms with Crippen molar-refractivity contribution in [3.8, 4) is 0 Å². The largest absolute Gasteiger partial charge is 0.466 e. The van der Waals surface area contributed by atoms with E-state index in [1.165, 1.54) is 7.11 Å². The SMILES string of the molecule is CC.COC(=O)[C@H]1OC(=O)N[C@H]1Cc1ccccc1. The summed E-state index contributed by atoms with van der Waals surface area (Å²) in [6.45, 7) is 4.00. The van der Waals surface area contributed by atoms with Gasteiger partial charge in [0.25, 0.3) is 0 Å². The summed E-state index contributed by atoms with van der Waals surface area (Å²) in [4.78, 5) is 22.6. The molecule has 19 heavy (non-hydrogen) atoms. The number of carbonyl (C=O) groups excluding carboxylic acids is 2. The molecule has 0 unspecified atom stereocenters. The third-order valence-corrected chi connectivity index (χ3v) is 2.63. The maximum absolute atomic E-state index is 11.4. The van der Waals surface area contributed by atoms with E-state index in [2.05, 4.69) is 10.1 Å². The molecule has 1 aliphatic rings. The summed E-state index contributed by atoms with van der Waals surface area (Å²) in [6, 6.07) is 9.19. The fourth-order valence-electron chi connectivity index (χ4n) is 1.81. The topological polar surface area (TPSA) is 64.6 Å². The quantitative estimate of drug-likeness (QED) is 0.848. The van der Waals surface area contributed by atoms with E-state index in [0.717, 1.165) is 5.56 Å². The van der Waals surface area contributed by atoms with Crippen molar-refractivity contribution in [2.75, 3.05) is 7.11 Å². The fraction of sp³-hybridized carbons (Fsp3) is 0.429. The molecule has 2 atom stereocenters. The summed E-state index contributed by atoms with van der Waals surface area (Å²) in [5, 5.41) is 2.61. The third kappa shape index (κ3) is 3.98. The van der Waals surface area contributed by atoms with E-state index < -0.39 is 18.2 Å². The molecular formula is C14H19NO4. The number of nitrogens with one attached hydrogen (secondary N) is 1. The van der Waals surface area contributed by atoms with Gasteiger partial charge in [-0.15, -0.1) is 0 Å². The van der Waals surface area contributed by atoms with Crippen molar-refractivity contribution in [2.45, 2.75) is 32.4 Å². The molecule has 0 aromatic heterocycles. The molecule has 0 saturated carbocycles. The molecule has 1 heterocycles. The van der Waals surface area contributed by atoms with Gasteiger partial charge in [-0.2, -0.15) is 0 Å². The van der Waals surface area contributed by atoms with Crippen LogP contribution in [-0.4, -0.2) is 31.3 Å². The molecular weight excluding hydrogens is 246 g/mol. The summed E-state index contributed by atoms with van der Waals surface area (Å²) in [5.41, 5.74) is 1.03. The van der Waals surface area contributed by atoms with Crippen LogP contribution < -0.4 is 5.32 Å². The Kier molecular flexibility index (Phi) is 5.85. The number of methoxy groups -OCH3 is 1. The average molecular weight is 265 g/mol. The Morgan fingerprint density at radius 3 is 2.53 bits per heavy atom. The highest BCUT2D eigenvalue weighted by Gasteiger charge is 2.40. The van der Waals surface area contributed by atoms with Crippen molar-refractivity contribution in [3.05, 3.63) is 35.9 Å². The van der Waals surface area contributed by atoms with Crippen LogP contribution in [-0.2, 0) is 20.7 Å². The molecule has 1 aliphatic heterocycles. The summed E-state index contributed by atoms with van der Waals surface area (Å²) < 4.78 is 9.47. The Morgan fingerprint density at radius 1 is 1.32 bits per heavy atom. The van der Waals surface area contributed by atoms with Crippen LogP contribution in [0.15, 0.2) is 30.3 Å². The minimum Gasteiger partial charge on any atom is -0.466 e. The normalized spacial score (nSPS) is 20.7. The number of carbonyl (C=O) groups is 2. The van der Waals surface area contributed by atoms with Crippen LogP contribution in [0.2, 0.25) is 0 Å². The number of rotatable bonds is 3. The van der Waals surface area contributed by atoms with E-state index in [4.69, 9.17) is 4.74 Å². The first-order chi connectivity index (χ1) is 9.20. The number of hydrogen-bond acceptors (Lipinski definition) is 4. The fourth-order valence-corrected chi connectivity index (χ4v) is 1.81. The highest BCUT2D eigenvalue weighted by molar-refractivity contribution is 5.83. The smallest absolute Gasteiger partial charge is 0.408 e. The molecule has 0 aliphatic carbocycles. The lowest BCUT2D eigenvalue weighted by Gasteiger charge is -2.14. The minimum atomic E-state index is -0.868. The molecule has 1 amide bonds. The molecule has 1 aromatic rings. The molecule has 5 heteroatoms. The molecule has 1 saturated heterocycles. The lowest BCUT2D eigenvalue weighted by Crippen LogP contribution is -2.38. The van der Waals surface area contributed by atoms with Gasteiger partial charge in [-0.3, -0.25) is 0 Å². The molecule has 1 aromatic carbocycles. The number of esters is 1. The number of ether oxygens (including phenoxy) is 2. The number of alkyl carbamates (subject to hydrolysis) is 1. The van der Waals surface area contributed by atoms with Crippen molar-refractivity contribution in [1.29, 1.82) is 0 Å². The summed E-state index contributed by atoms with van der Waals surface area (Å²) in [6.07, 6.45) is -0.916. The van der Waals surface area contributed by atoms with Gasteiger partial charge in [-0.25, -0.2) is 9.59 Å². The predicted molar refractivity (Wildman–Crippen MR) is 70.7 cm³/mol. The molecule has 1 fully saturated rings. The van der Waals surface area contributed by atoms with Crippen LogP contribution in [0, 0.1) is 0 Å². The molecule has 104 valence electrons. The predicted octanol–water partition coefficient (Wildman–Crippen LogP) is 1.91. The second-order valence-corrected chi connectivity index (χ2v) is 3.79. The minimum absolute atomic E-state index is 0.377. The van der Waals surface area contributed by atoms with E-state index in [0.29, 0.717) is 6.42 Å². The van der Waals surface area contributed by atoms with Crippen LogP contribution >= 0.6 is 0 Å². The van der Waals surface area contributed by atoms with Gasteiger partial charge in [0, 0.05) is 0 Å². The van der Waals surface area contributed by atoms with Gasteiger partial charge >= 0.3 is 12.1 Å². The lowest BCUT2D eigenvalue weighted by molar-refractivity contribution is -0.149. The molecule has 1 N–H and O–H groups in total. The van der Waals surface area contributed by atoms with E-state index in [-0.39, 0.29) is 6.04 Å². The van der Waals surface area contributed by atoms with Gasteiger partial charge in [-0.05, 0) is 12.0 Å². The average Bonchev–Trinajstić information content (AvgIpc) is 2.82.